The van der Waals surface area contributed by atoms with E-state index in [1.807, 2.05) is 30.3 Å². The molecule has 0 aliphatic rings. The Morgan fingerprint density at radius 1 is 0.862 bits per heavy atom. The summed E-state index contributed by atoms with van der Waals surface area (Å²) in [6.45, 7) is 0.253. The molecule has 1 unspecified atom stereocenters. The van der Waals surface area contributed by atoms with Gasteiger partial charge in [-0.25, -0.2) is 0 Å². The topological polar surface area (TPSA) is 35.5 Å². The highest BCUT2D eigenvalue weighted by atomic mass is 19.4. The molecule has 0 aromatic heterocycles. The van der Waals surface area contributed by atoms with Gasteiger partial charge in [-0.05, 0) is 23.8 Å². The van der Waals surface area contributed by atoms with Gasteiger partial charge in [0.1, 0.15) is 6.29 Å². The number of benzene rings is 3. The van der Waals surface area contributed by atoms with E-state index in [0.717, 1.165) is 5.56 Å². The minimum atomic E-state index is -4.64. The van der Waals surface area contributed by atoms with Crippen LogP contribution in [0.3, 0.4) is 0 Å². The van der Waals surface area contributed by atoms with E-state index in [-0.39, 0.29) is 29.2 Å². The van der Waals surface area contributed by atoms with Crippen LogP contribution < -0.4 is 9.47 Å². The van der Waals surface area contributed by atoms with E-state index in [2.05, 4.69) is 0 Å². The molecule has 0 spiro atoms. The van der Waals surface area contributed by atoms with Gasteiger partial charge in [0.05, 0.1) is 6.61 Å². The summed E-state index contributed by atoms with van der Waals surface area (Å²) in [7, 11) is 0. The van der Waals surface area contributed by atoms with Gasteiger partial charge >= 0.3 is 6.18 Å². The van der Waals surface area contributed by atoms with Crippen molar-refractivity contribution in [2.75, 3.05) is 6.61 Å². The summed E-state index contributed by atoms with van der Waals surface area (Å²) in [4.78, 5) is 11.1. The lowest BCUT2D eigenvalue weighted by Gasteiger charge is -2.23. The van der Waals surface area contributed by atoms with Gasteiger partial charge in [-0.1, -0.05) is 60.7 Å². The van der Waals surface area contributed by atoms with Crippen LogP contribution in [0.1, 0.15) is 27.6 Å². The third-order valence-electron chi connectivity index (χ3n) is 4.24. The molecule has 0 aliphatic heterocycles. The molecule has 3 rings (SSSR count). The van der Waals surface area contributed by atoms with Crippen molar-refractivity contribution in [3.05, 3.63) is 95.6 Å². The fourth-order valence-electron chi connectivity index (χ4n) is 2.81. The van der Waals surface area contributed by atoms with E-state index in [0.29, 0.717) is 12.7 Å². The van der Waals surface area contributed by atoms with Crippen molar-refractivity contribution in [2.45, 2.75) is 18.7 Å². The number of carbonyl (C=O) groups excluding carboxylic acids is 1. The zero-order chi connectivity index (χ0) is 20.7. The quantitative estimate of drug-likeness (QED) is 0.448. The smallest absolute Gasteiger partial charge is 0.429 e. The lowest BCUT2D eigenvalue weighted by atomic mass is 10.1. The highest BCUT2D eigenvalue weighted by Gasteiger charge is 2.43. The maximum atomic E-state index is 13.6. The number of ether oxygens (including phenoxy) is 2. The SMILES string of the molecule is O=Cc1ccc(OCCc2ccccc2)c(OC(c2ccccc2)C(F)(F)F)c1. The molecule has 3 aromatic rings. The van der Waals surface area contributed by atoms with Gasteiger partial charge in [0.2, 0.25) is 6.10 Å². The normalized spacial score (nSPS) is 12.2. The summed E-state index contributed by atoms with van der Waals surface area (Å²) >= 11 is 0. The van der Waals surface area contributed by atoms with Crippen LogP contribution in [-0.4, -0.2) is 19.1 Å². The Morgan fingerprint density at radius 3 is 2.14 bits per heavy atom. The Balaban J connectivity index is 1.83. The molecule has 29 heavy (non-hydrogen) atoms. The van der Waals surface area contributed by atoms with Gasteiger partial charge in [0.25, 0.3) is 0 Å². The van der Waals surface area contributed by atoms with Crippen molar-refractivity contribution in [2.24, 2.45) is 0 Å². The Labute approximate surface area is 166 Å². The number of carbonyl (C=O) groups is 1. The van der Waals surface area contributed by atoms with Crippen LogP contribution in [0.5, 0.6) is 11.5 Å². The van der Waals surface area contributed by atoms with Crippen molar-refractivity contribution < 1.29 is 27.4 Å². The van der Waals surface area contributed by atoms with Crippen molar-refractivity contribution in [3.63, 3.8) is 0 Å². The van der Waals surface area contributed by atoms with Crippen LogP contribution in [-0.2, 0) is 6.42 Å². The zero-order valence-corrected chi connectivity index (χ0v) is 15.4. The number of hydrogen-bond donors (Lipinski definition) is 0. The Kier molecular flexibility index (Phi) is 6.54. The van der Waals surface area contributed by atoms with E-state index in [9.17, 15) is 18.0 Å². The highest BCUT2D eigenvalue weighted by Crippen LogP contribution is 2.40. The highest BCUT2D eigenvalue weighted by molar-refractivity contribution is 5.76. The zero-order valence-electron chi connectivity index (χ0n) is 15.4. The molecule has 0 radical (unpaired) electrons. The molecule has 0 fully saturated rings. The first kappa shape index (κ1) is 20.5. The van der Waals surface area contributed by atoms with Crippen LogP contribution in [0.25, 0.3) is 0 Å². The molecule has 1 atom stereocenters. The summed E-state index contributed by atoms with van der Waals surface area (Å²) in [5.41, 5.74) is 1.20. The first-order valence-corrected chi connectivity index (χ1v) is 9.01. The summed E-state index contributed by atoms with van der Waals surface area (Å²) in [6.07, 6.45) is -5.69. The largest absolute Gasteiger partial charge is 0.489 e. The van der Waals surface area contributed by atoms with Gasteiger partial charge in [0.15, 0.2) is 11.5 Å². The summed E-state index contributed by atoms with van der Waals surface area (Å²) in [5.74, 6) is 0.0190. The minimum absolute atomic E-state index is 0.0354. The first-order chi connectivity index (χ1) is 14.0. The first-order valence-electron chi connectivity index (χ1n) is 9.01. The van der Waals surface area contributed by atoms with Gasteiger partial charge in [-0.3, -0.25) is 4.79 Å². The maximum Gasteiger partial charge on any atom is 0.429 e. The molecular formula is C23H19F3O3. The molecule has 3 nitrogen and oxygen atoms in total. The minimum Gasteiger partial charge on any atom is -0.489 e. The molecule has 0 saturated heterocycles. The lowest BCUT2D eigenvalue weighted by molar-refractivity contribution is -0.198. The Morgan fingerprint density at radius 2 is 1.52 bits per heavy atom. The number of alkyl halides is 3. The second-order valence-electron chi connectivity index (χ2n) is 6.36. The Hall–Kier alpha value is -3.28. The van der Waals surface area contributed by atoms with E-state index in [4.69, 9.17) is 9.47 Å². The second-order valence-corrected chi connectivity index (χ2v) is 6.36. The fraction of sp³-hybridized carbons (Fsp3) is 0.174. The van der Waals surface area contributed by atoms with Gasteiger partial charge in [0, 0.05) is 17.5 Å². The third-order valence-corrected chi connectivity index (χ3v) is 4.24. The van der Waals surface area contributed by atoms with Crippen LogP contribution in [0.15, 0.2) is 78.9 Å². The molecule has 0 aliphatic carbocycles. The molecule has 3 aromatic carbocycles. The van der Waals surface area contributed by atoms with Crippen LogP contribution >= 0.6 is 0 Å². The third kappa shape index (κ3) is 5.60. The van der Waals surface area contributed by atoms with Crippen molar-refractivity contribution in [3.8, 4) is 11.5 Å². The number of hydrogen-bond acceptors (Lipinski definition) is 3. The number of aldehydes is 1. The van der Waals surface area contributed by atoms with Crippen molar-refractivity contribution in [1.29, 1.82) is 0 Å². The molecular weight excluding hydrogens is 381 g/mol. The van der Waals surface area contributed by atoms with Crippen molar-refractivity contribution >= 4 is 6.29 Å². The van der Waals surface area contributed by atoms with E-state index < -0.39 is 12.3 Å². The number of halogens is 3. The molecule has 0 amide bonds. The molecule has 0 heterocycles. The number of rotatable bonds is 8. The molecule has 150 valence electrons. The summed E-state index contributed by atoms with van der Waals surface area (Å²) in [6, 6.07) is 21.1. The van der Waals surface area contributed by atoms with Crippen LogP contribution in [0.4, 0.5) is 13.2 Å². The summed E-state index contributed by atoms with van der Waals surface area (Å²) < 4.78 is 51.9. The summed E-state index contributed by atoms with van der Waals surface area (Å²) in [5, 5.41) is 0. The average Bonchev–Trinajstić information content (AvgIpc) is 2.73. The molecule has 0 bridgehead atoms. The standard InChI is InChI=1S/C23H19F3O3/c24-23(25,26)22(19-9-5-2-6-10-19)29-21-15-18(16-27)11-12-20(21)28-14-13-17-7-3-1-4-8-17/h1-12,15-16,22H,13-14H2. The van der Waals surface area contributed by atoms with Crippen LogP contribution in [0, 0.1) is 0 Å². The maximum absolute atomic E-state index is 13.6. The van der Waals surface area contributed by atoms with Crippen LogP contribution in [0.2, 0.25) is 0 Å². The second kappa shape index (κ2) is 9.28. The lowest BCUT2D eigenvalue weighted by Crippen LogP contribution is -2.26. The monoisotopic (exact) mass is 400 g/mol. The van der Waals surface area contributed by atoms with Gasteiger partial charge in [-0.15, -0.1) is 0 Å². The average molecular weight is 400 g/mol. The predicted molar refractivity (Wildman–Crippen MR) is 103 cm³/mol. The van der Waals surface area contributed by atoms with E-state index in [1.54, 1.807) is 6.07 Å². The van der Waals surface area contributed by atoms with Gasteiger partial charge < -0.3 is 9.47 Å². The van der Waals surface area contributed by atoms with Crippen molar-refractivity contribution in [1.82, 2.24) is 0 Å². The predicted octanol–water partition coefficient (Wildman–Crippen LogP) is 5.80. The van der Waals surface area contributed by atoms with E-state index in [1.165, 1.54) is 42.5 Å². The molecule has 0 N–H and O–H groups in total. The fourth-order valence-corrected chi connectivity index (χ4v) is 2.81. The van der Waals surface area contributed by atoms with E-state index >= 15 is 0 Å². The van der Waals surface area contributed by atoms with Gasteiger partial charge in [-0.2, -0.15) is 13.2 Å². The molecule has 6 heteroatoms. The molecule has 0 saturated carbocycles. The Bertz CT molecular complexity index is 925.